The minimum absolute atomic E-state index is 0.281. The second kappa shape index (κ2) is 5.47. The average molecular weight is 285 g/mol. The number of hydrogen-bond donors (Lipinski definition) is 2. The van der Waals surface area contributed by atoms with Crippen LogP contribution in [0, 0.1) is 12.7 Å². The molecule has 0 amide bonds. The number of fused-ring (bicyclic) bond motifs is 1. The number of aryl methyl sites for hydroxylation is 2. The van der Waals surface area contributed by atoms with Gasteiger partial charge in [0, 0.05) is 6.20 Å². The lowest BCUT2D eigenvalue weighted by Crippen LogP contribution is -2.05. The van der Waals surface area contributed by atoms with Crippen molar-refractivity contribution in [3.05, 3.63) is 47.4 Å². The van der Waals surface area contributed by atoms with E-state index in [1.807, 2.05) is 25.1 Å². The topological polar surface area (TPSA) is 66.5 Å². The smallest absolute Gasteiger partial charge is 0.157 e. The van der Waals surface area contributed by atoms with Crippen LogP contribution in [0.5, 0.6) is 0 Å². The van der Waals surface area contributed by atoms with Crippen LogP contribution < -0.4 is 5.32 Å². The van der Waals surface area contributed by atoms with E-state index in [-0.39, 0.29) is 5.82 Å². The molecular formula is C15H16FN5. The van der Waals surface area contributed by atoms with Crippen LogP contribution in [0.25, 0.3) is 11.0 Å². The highest BCUT2D eigenvalue weighted by atomic mass is 19.1. The lowest BCUT2D eigenvalue weighted by Gasteiger charge is -2.07. The average Bonchev–Trinajstić information content (AvgIpc) is 2.82. The van der Waals surface area contributed by atoms with E-state index in [0.29, 0.717) is 41.3 Å². The van der Waals surface area contributed by atoms with E-state index in [1.165, 1.54) is 0 Å². The van der Waals surface area contributed by atoms with Gasteiger partial charge < -0.3 is 10.3 Å². The zero-order chi connectivity index (χ0) is 14.8. The predicted molar refractivity (Wildman–Crippen MR) is 79.5 cm³/mol. The largest absolute Gasteiger partial charge is 0.364 e. The minimum atomic E-state index is -0.281. The van der Waals surface area contributed by atoms with E-state index in [9.17, 15) is 4.39 Å². The molecule has 21 heavy (non-hydrogen) atoms. The molecule has 0 spiro atoms. The number of H-pyrrole nitrogens is 1. The molecule has 0 unspecified atom stereocenters. The zero-order valence-electron chi connectivity index (χ0n) is 11.9. The van der Waals surface area contributed by atoms with Gasteiger partial charge in [0.1, 0.15) is 17.3 Å². The molecule has 0 aromatic carbocycles. The number of rotatable bonds is 4. The third-order valence-corrected chi connectivity index (χ3v) is 3.29. The first kappa shape index (κ1) is 13.5. The van der Waals surface area contributed by atoms with Gasteiger partial charge in [-0.2, -0.15) is 0 Å². The first-order valence-corrected chi connectivity index (χ1v) is 6.87. The van der Waals surface area contributed by atoms with Crippen LogP contribution in [0.3, 0.4) is 0 Å². The number of hydrogen-bond acceptors (Lipinski definition) is 4. The number of nitrogens with zero attached hydrogens (tertiary/aromatic N) is 3. The molecule has 6 heteroatoms. The summed E-state index contributed by atoms with van der Waals surface area (Å²) >= 11 is 0. The van der Waals surface area contributed by atoms with Crippen LogP contribution in [0.15, 0.2) is 24.4 Å². The fourth-order valence-corrected chi connectivity index (χ4v) is 2.27. The molecule has 0 aliphatic carbocycles. The maximum Gasteiger partial charge on any atom is 0.157 e. The molecule has 3 aromatic rings. The molecule has 5 nitrogen and oxygen atoms in total. The number of aromatic nitrogens is 4. The second-order valence-corrected chi connectivity index (χ2v) is 4.79. The van der Waals surface area contributed by atoms with Gasteiger partial charge in [-0.25, -0.2) is 14.4 Å². The quantitative estimate of drug-likeness (QED) is 0.773. The molecule has 0 saturated carbocycles. The molecule has 108 valence electrons. The molecule has 3 heterocycles. The highest BCUT2D eigenvalue weighted by Gasteiger charge is 2.16. The lowest BCUT2D eigenvalue weighted by atomic mass is 10.2. The Hall–Kier alpha value is -2.50. The molecule has 0 saturated heterocycles. The Kier molecular flexibility index (Phi) is 3.51. The highest BCUT2D eigenvalue weighted by molar-refractivity contribution is 5.88. The van der Waals surface area contributed by atoms with E-state index in [0.717, 1.165) is 5.69 Å². The normalized spacial score (nSPS) is 11.0. The van der Waals surface area contributed by atoms with Crippen LogP contribution in [0.2, 0.25) is 0 Å². The molecule has 0 aliphatic rings. The Morgan fingerprint density at radius 1 is 1.29 bits per heavy atom. The number of aromatic amines is 1. The summed E-state index contributed by atoms with van der Waals surface area (Å²) in [6, 6.07) is 5.68. The van der Waals surface area contributed by atoms with Crippen molar-refractivity contribution in [1.29, 1.82) is 0 Å². The van der Waals surface area contributed by atoms with Crippen molar-refractivity contribution in [3.8, 4) is 0 Å². The van der Waals surface area contributed by atoms with Gasteiger partial charge >= 0.3 is 0 Å². The Bertz CT molecular complexity index is 767. The SMILES string of the molecule is CCc1[nH]c2nc(C)nc(NCc3ccccn3)c2c1F. The Labute approximate surface area is 121 Å². The van der Waals surface area contributed by atoms with E-state index in [1.54, 1.807) is 13.1 Å². The molecule has 0 radical (unpaired) electrons. The van der Waals surface area contributed by atoms with Crippen LogP contribution in [0.4, 0.5) is 10.2 Å². The Morgan fingerprint density at radius 2 is 2.14 bits per heavy atom. The van der Waals surface area contributed by atoms with Crippen LogP contribution in [-0.2, 0) is 13.0 Å². The summed E-state index contributed by atoms with van der Waals surface area (Å²) in [6.45, 7) is 4.17. The summed E-state index contributed by atoms with van der Waals surface area (Å²) < 4.78 is 14.4. The summed E-state index contributed by atoms with van der Waals surface area (Å²) in [7, 11) is 0. The standard InChI is InChI=1S/C15H16FN5/c1-3-11-13(16)12-14(19-9(2)20-15(12)21-11)18-8-10-6-4-5-7-17-10/h4-7H,3,8H2,1-2H3,(H2,18,19,20,21). The van der Waals surface area contributed by atoms with Gasteiger partial charge in [-0.15, -0.1) is 0 Å². The summed E-state index contributed by atoms with van der Waals surface area (Å²) in [5, 5.41) is 3.56. The molecule has 2 N–H and O–H groups in total. The third kappa shape index (κ3) is 2.56. The Morgan fingerprint density at radius 3 is 2.86 bits per heavy atom. The predicted octanol–water partition coefficient (Wildman–Crippen LogP) is 2.97. The fourth-order valence-electron chi connectivity index (χ4n) is 2.27. The van der Waals surface area contributed by atoms with Crippen molar-refractivity contribution in [3.63, 3.8) is 0 Å². The summed E-state index contributed by atoms with van der Waals surface area (Å²) in [5.41, 5.74) is 1.94. The monoisotopic (exact) mass is 285 g/mol. The number of halogens is 1. The maximum atomic E-state index is 14.4. The van der Waals surface area contributed by atoms with Gasteiger partial charge in [0.25, 0.3) is 0 Å². The van der Waals surface area contributed by atoms with Gasteiger partial charge in [0.2, 0.25) is 0 Å². The van der Waals surface area contributed by atoms with E-state index >= 15 is 0 Å². The van der Waals surface area contributed by atoms with Crippen molar-refractivity contribution in [2.24, 2.45) is 0 Å². The van der Waals surface area contributed by atoms with Crippen molar-refractivity contribution in [2.45, 2.75) is 26.8 Å². The van der Waals surface area contributed by atoms with Crippen LogP contribution in [0.1, 0.15) is 24.1 Å². The molecule has 3 aromatic heterocycles. The Balaban J connectivity index is 1.99. The summed E-state index contributed by atoms with van der Waals surface area (Å²) in [4.78, 5) is 15.8. The fraction of sp³-hybridized carbons (Fsp3) is 0.267. The van der Waals surface area contributed by atoms with Crippen molar-refractivity contribution in [1.82, 2.24) is 19.9 Å². The first-order valence-electron chi connectivity index (χ1n) is 6.87. The lowest BCUT2D eigenvalue weighted by molar-refractivity contribution is 0.621. The number of anilines is 1. The van der Waals surface area contributed by atoms with E-state index < -0.39 is 0 Å². The van der Waals surface area contributed by atoms with E-state index in [2.05, 4.69) is 25.3 Å². The third-order valence-electron chi connectivity index (χ3n) is 3.29. The first-order chi connectivity index (χ1) is 10.2. The zero-order valence-corrected chi connectivity index (χ0v) is 11.9. The number of pyridine rings is 1. The van der Waals surface area contributed by atoms with Gasteiger partial charge in [0.05, 0.1) is 23.3 Å². The van der Waals surface area contributed by atoms with Crippen LogP contribution >= 0.6 is 0 Å². The van der Waals surface area contributed by atoms with Gasteiger partial charge in [-0.05, 0) is 25.5 Å². The van der Waals surface area contributed by atoms with Crippen molar-refractivity contribution in [2.75, 3.05) is 5.32 Å². The second-order valence-electron chi connectivity index (χ2n) is 4.79. The highest BCUT2D eigenvalue weighted by Crippen LogP contribution is 2.26. The van der Waals surface area contributed by atoms with Crippen LogP contribution in [-0.4, -0.2) is 19.9 Å². The van der Waals surface area contributed by atoms with Crippen molar-refractivity contribution >= 4 is 16.9 Å². The molecule has 0 atom stereocenters. The molecule has 0 aliphatic heterocycles. The van der Waals surface area contributed by atoms with Gasteiger partial charge in [-0.1, -0.05) is 13.0 Å². The molecule has 3 rings (SSSR count). The number of nitrogens with one attached hydrogen (secondary N) is 2. The summed E-state index contributed by atoms with van der Waals surface area (Å²) in [6.07, 6.45) is 2.31. The maximum absolute atomic E-state index is 14.4. The molecule has 0 fully saturated rings. The van der Waals surface area contributed by atoms with Gasteiger partial charge in [0.15, 0.2) is 5.82 Å². The van der Waals surface area contributed by atoms with E-state index in [4.69, 9.17) is 0 Å². The summed E-state index contributed by atoms with van der Waals surface area (Å²) in [5.74, 6) is 0.808. The van der Waals surface area contributed by atoms with Gasteiger partial charge in [-0.3, -0.25) is 4.98 Å². The molecular weight excluding hydrogens is 269 g/mol. The molecule has 0 bridgehead atoms. The van der Waals surface area contributed by atoms with Crippen molar-refractivity contribution < 1.29 is 4.39 Å². The minimum Gasteiger partial charge on any atom is -0.364 e.